The second-order valence-electron chi connectivity index (χ2n) is 8.75. The van der Waals surface area contributed by atoms with Crippen molar-refractivity contribution in [2.75, 3.05) is 51.8 Å². The lowest BCUT2D eigenvalue weighted by molar-refractivity contribution is 0.134. The number of nitrogens with one attached hydrogen (secondary N) is 2. The number of aromatic nitrogens is 3. The number of phenols is 1. The van der Waals surface area contributed by atoms with Crippen molar-refractivity contribution in [2.24, 2.45) is 0 Å². The molecular weight excluding hydrogens is 420 g/mol. The van der Waals surface area contributed by atoms with Gasteiger partial charge in [0.25, 0.3) is 0 Å². The Labute approximate surface area is 193 Å². The summed E-state index contributed by atoms with van der Waals surface area (Å²) >= 11 is 0. The third-order valence-electron chi connectivity index (χ3n) is 5.97. The Morgan fingerprint density at radius 2 is 1.85 bits per heavy atom. The average molecular weight is 453 g/mol. The number of ether oxygens (including phenoxy) is 1. The number of rotatable bonds is 8. The first-order valence-electron chi connectivity index (χ1n) is 11.3. The van der Waals surface area contributed by atoms with Crippen molar-refractivity contribution in [3.63, 3.8) is 0 Å². The minimum atomic E-state index is -0.424. The van der Waals surface area contributed by atoms with Gasteiger partial charge in [0, 0.05) is 32.7 Å². The van der Waals surface area contributed by atoms with E-state index in [0.717, 1.165) is 44.0 Å². The molecule has 3 N–H and O–H groups in total. The van der Waals surface area contributed by atoms with Crippen molar-refractivity contribution in [3.05, 3.63) is 58.5 Å². The summed E-state index contributed by atoms with van der Waals surface area (Å²) in [4.78, 5) is 17.1. The molecule has 0 amide bonds. The van der Waals surface area contributed by atoms with E-state index in [0.29, 0.717) is 23.7 Å². The van der Waals surface area contributed by atoms with Gasteiger partial charge in [-0.05, 0) is 54.9 Å². The predicted octanol–water partition coefficient (Wildman–Crippen LogP) is 2.57. The SMILES string of the molecule is CC(C)c1ccc(O)c(-c2n[nH]c(=O)n2Nc2ccc(OCCN3CCN(C)CC3)cc2)c1. The zero-order valence-electron chi connectivity index (χ0n) is 19.4. The largest absolute Gasteiger partial charge is 0.507 e. The highest BCUT2D eigenvalue weighted by Crippen LogP contribution is 2.30. The summed E-state index contributed by atoms with van der Waals surface area (Å²) in [6, 6.07) is 12.8. The monoisotopic (exact) mass is 452 g/mol. The standard InChI is InChI=1S/C24H32N6O3/c1-17(2)18-4-9-22(31)21(16-18)23-25-26-24(32)30(23)27-19-5-7-20(8-6-19)33-15-14-29-12-10-28(3)11-13-29/h4-9,16-17,27,31H,10-15H2,1-3H3,(H,26,32). The van der Waals surface area contributed by atoms with Crippen LogP contribution in [0.1, 0.15) is 25.3 Å². The number of hydrogen-bond acceptors (Lipinski definition) is 7. The van der Waals surface area contributed by atoms with Crippen LogP contribution in [0.15, 0.2) is 47.3 Å². The zero-order chi connectivity index (χ0) is 23.4. The minimum Gasteiger partial charge on any atom is -0.507 e. The van der Waals surface area contributed by atoms with E-state index in [9.17, 15) is 9.90 Å². The predicted molar refractivity (Wildman–Crippen MR) is 129 cm³/mol. The summed E-state index contributed by atoms with van der Waals surface area (Å²) < 4.78 is 7.18. The van der Waals surface area contributed by atoms with Crippen LogP contribution in [0, 0.1) is 0 Å². The summed E-state index contributed by atoms with van der Waals surface area (Å²) in [7, 11) is 2.15. The Hall–Kier alpha value is -3.30. The number of likely N-dealkylation sites (N-methyl/N-ethyl adjacent to an activating group) is 1. The number of H-pyrrole nitrogens is 1. The topological polar surface area (TPSA) is 98.6 Å². The highest BCUT2D eigenvalue weighted by molar-refractivity contribution is 5.66. The molecule has 2 heterocycles. The lowest BCUT2D eigenvalue weighted by Gasteiger charge is -2.32. The third-order valence-corrected chi connectivity index (χ3v) is 5.97. The van der Waals surface area contributed by atoms with Crippen molar-refractivity contribution in [1.82, 2.24) is 24.7 Å². The molecule has 9 nitrogen and oxygen atoms in total. The first-order chi connectivity index (χ1) is 15.9. The van der Waals surface area contributed by atoms with E-state index in [-0.39, 0.29) is 11.7 Å². The third kappa shape index (κ3) is 5.55. The van der Waals surface area contributed by atoms with Gasteiger partial charge in [-0.15, -0.1) is 0 Å². The molecule has 0 radical (unpaired) electrons. The smallest absolute Gasteiger partial charge is 0.362 e. The number of hydrogen-bond donors (Lipinski definition) is 3. The second kappa shape index (κ2) is 10.1. The average Bonchev–Trinajstić information content (AvgIpc) is 3.16. The van der Waals surface area contributed by atoms with E-state index < -0.39 is 5.69 Å². The maximum Gasteiger partial charge on any atom is 0.362 e. The molecule has 176 valence electrons. The molecule has 1 aliphatic heterocycles. The van der Waals surface area contributed by atoms with Gasteiger partial charge in [0.2, 0.25) is 0 Å². The molecule has 3 aromatic rings. The number of piperazine rings is 1. The van der Waals surface area contributed by atoms with Crippen LogP contribution in [-0.4, -0.2) is 76.2 Å². The molecular formula is C24H32N6O3. The van der Waals surface area contributed by atoms with Crippen LogP contribution < -0.4 is 15.9 Å². The molecule has 0 atom stereocenters. The molecule has 0 aliphatic carbocycles. The number of anilines is 1. The summed E-state index contributed by atoms with van der Waals surface area (Å²) in [5.41, 5.74) is 4.87. The van der Waals surface area contributed by atoms with Gasteiger partial charge in [-0.3, -0.25) is 10.3 Å². The van der Waals surface area contributed by atoms with Crippen molar-refractivity contribution >= 4 is 5.69 Å². The van der Waals surface area contributed by atoms with Crippen LogP contribution in [0.5, 0.6) is 11.5 Å². The van der Waals surface area contributed by atoms with E-state index in [1.54, 1.807) is 6.07 Å². The molecule has 4 rings (SSSR count). The highest BCUT2D eigenvalue weighted by Gasteiger charge is 2.17. The molecule has 0 saturated carbocycles. The molecule has 1 aromatic heterocycles. The highest BCUT2D eigenvalue weighted by atomic mass is 16.5. The first-order valence-corrected chi connectivity index (χ1v) is 11.3. The van der Waals surface area contributed by atoms with Gasteiger partial charge in [0.05, 0.1) is 11.3 Å². The van der Waals surface area contributed by atoms with Crippen molar-refractivity contribution in [3.8, 4) is 22.9 Å². The van der Waals surface area contributed by atoms with Crippen LogP contribution in [0.2, 0.25) is 0 Å². The van der Waals surface area contributed by atoms with Crippen LogP contribution in [0.4, 0.5) is 5.69 Å². The van der Waals surface area contributed by atoms with Crippen LogP contribution in [0.3, 0.4) is 0 Å². The number of aromatic amines is 1. The van der Waals surface area contributed by atoms with E-state index in [2.05, 4.69) is 46.3 Å². The molecule has 2 aromatic carbocycles. The minimum absolute atomic E-state index is 0.0607. The lowest BCUT2D eigenvalue weighted by Crippen LogP contribution is -2.45. The Balaban J connectivity index is 1.41. The fraction of sp³-hybridized carbons (Fsp3) is 0.417. The Morgan fingerprint density at radius 1 is 1.12 bits per heavy atom. The second-order valence-corrected chi connectivity index (χ2v) is 8.75. The number of benzene rings is 2. The normalized spacial score (nSPS) is 15.2. The van der Waals surface area contributed by atoms with Gasteiger partial charge in [0.15, 0.2) is 5.82 Å². The molecule has 0 bridgehead atoms. The van der Waals surface area contributed by atoms with Crippen molar-refractivity contribution in [1.29, 1.82) is 0 Å². The molecule has 0 unspecified atom stereocenters. The summed E-state index contributed by atoms with van der Waals surface area (Å²) in [6.07, 6.45) is 0. The van der Waals surface area contributed by atoms with Gasteiger partial charge < -0.3 is 14.7 Å². The fourth-order valence-electron chi connectivity index (χ4n) is 3.79. The Morgan fingerprint density at radius 3 is 2.55 bits per heavy atom. The van der Waals surface area contributed by atoms with Gasteiger partial charge in [-0.25, -0.2) is 9.89 Å². The van der Waals surface area contributed by atoms with E-state index in [4.69, 9.17) is 4.74 Å². The molecule has 1 aliphatic rings. The van der Waals surface area contributed by atoms with E-state index in [1.165, 1.54) is 4.68 Å². The molecule has 0 spiro atoms. The van der Waals surface area contributed by atoms with Crippen LogP contribution in [0.25, 0.3) is 11.4 Å². The van der Waals surface area contributed by atoms with Crippen molar-refractivity contribution < 1.29 is 9.84 Å². The van der Waals surface area contributed by atoms with Gasteiger partial charge in [0.1, 0.15) is 18.1 Å². The number of nitrogens with zero attached hydrogens (tertiary/aromatic N) is 4. The maximum atomic E-state index is 12.4. The van der Waals surface area contributed by atoms with Crippen LogP contribution in [-0.2, 0) is 0 Å². The summed E-state index contributed by atoms with van der Waals surface area (Å²) in [5, 5.41) is 17.0. The number of phenolic OH excluding ortho intramolecular Hbond substituents is 1. The maximum absolute atomic E-state index is 12.4. The summed E-state index contributed by atoms with van der Waals surface area (Å²) in [6.45, 7) is 10.0. The molecule has 1 fully saturated rings. The Kier molecular flexibility index (Phi) is 7.00. The Bertz CT molecular complexity index is 1110. The molecule has 33 heavy (non-hydrogen) atoms. The molecule has 9 heteroatoms. The quantitative estimate of drug-likeness (QED) is 0.483. The van der Waals surface area contributed by atoms with Crippen molar-refractivity contribution in [2.45, 2.75) is 19.8 Å². The van der Waals surface area contributed by atoms with Crippen LogP contribution >= 0.6 is 0 Å². The zero-order valence-corrected chi connectivity index (χ0v) is 19.4. The molecule has 1 saturated heterocycles. The summed E-state index contributed by atoms with van der Waals surface area (Å²) in [5.74, 6) is 1.43. The lowest BCUT2D eigenvalue weighted by atomic mass is 10.00. The van der Waals surface area contributed by atoms with E-state index in [1.807, 2.05) is 36.4 Å². The number of aromatic hydroxyl groups is 1. The van der Waals surface area contributed by atoms with Gasteiger partial charge in [-0.1, -0.05) is 19.9 Å². The van der Waals surface area contributed by atoms with Gasteiger partial charge >= 0.3 is 5.69 Å². The van der Waals surface area contributed by atoms with Gasteiger partial charge in [-0.2, -0.15) is 9.77 Å². The van der Waals surface area contributed by atoms with E-state index >= 15 is 0 Å². The first kappa shape index (κ1) is 22.9. The fourth-order valence-corrected chi connectivity index (χ4v) is 3.79.